The number of ether oxygens (including phenoxy) is 3. The second-order valence-corrected chi connectivity index (χ2v) is 7.58. The zero-order valence-electron chi connectivity index (χ0n) is 18.5. The fraction of sp³-hybridized carbons (Fsp3) is 0.571. The Kier molecular flexibility index (Phi) is 11.4. The molecule has 0 saturated heterocycles. The highest BCUT2D eigenvalue weighted by Gasteiger charge is 2.28. The van der Waals surface area contributed by atoms with Gasteiger partial charge in [-0.15, -0.1) is 0 Å². The average molecular weight is 474 g/mol. The molecule has 1 rings (SSSR count). The first-order valence-electron chi connectivity index (χ1n) is 10.1. The van der Waals surface area contributed by atoms with Crippen molar-refractivity contribution in [2.75, 3.05) is 19.8 Å². The van der Waals surface area contributed by atoms with E-state index in [1.165, 1.54) is 20.8 Å². The predicted molar refractivity (Wildman–Crippen MR) is 109 cm³/mol. The molecule has 0 fully saturated rings. The van der Waals surface area contributed by atoms with Crippen LogP contribution in [0.2, 0.25) is 0 Å². The first-order valence-corrected chi connectivity index (χ1v) is 10.1. The molecule has 33 heavy (non-hydrogen) atoms. The van der Waals surface area contributed by atoms with Crippen LogP contribution in [0.5, 0.6) is 0 Å². The van der Waals surface area contributed by atoms with Crippen LogP contribution in [0, 0.1) is 0 Å². The van der Waals surface area contributed by atoms with Gasteiger partial charge in [0.15, 0.2) is 18.3 Å². The lowest BCUT2D eigenvalue weighted by molar-refractivity contribution is -0.156. The summed E-state index contributed by atoms with van der Waals surface area (Å²) in [4.78, 5) is 36.3. The molecule has 6 N–H and O–H groups in total. The highest BCUT2D eigenvalue weighted by Crippen LogP contribution is 2.27. The van der Waals surface area contributed by atoms with E-state index >= 15 is 0 Å². The average Bonchev–Trinajstić information content (AvgIpc) is 2.77. The summed E-state index contributed by atoms with van der Waals surface area (Å²) in [7, 11) is 0. The summed E-state index contributed by atoms with van der Waals surface area (Å²) in [5.41, 5.74) is -0.742. The Morgan fingerprint density at radius 2 is 0.788 bits per heavy atom. The van der Waals surface area contributed by atoms with Crippen molar-refractivity contribution < 1.29 is 59.2 Å². The molecule has 6 unspecified atom stereocenters. The van der Waals surface area contributed by atoms with Crippen molar-refractivity contribution in [3.05, 3.63) is 34.9 Å². The molecule has 12 nitrogen and oxygen atoms in total. The molecule has 1 aromatic carbocycles. The van der Waals surface area contributed by atoms with Crippen molar-refractivity contribution in [2.45, 2.75) is 57.4 Å². The van der Waals surface area contributed by atoms with Crippen molar-refractivity contribution in [1.82, 2.24) is 0 Å². The molecule has 12 heteroatoms. The van der Waals surface area contributed by atoms with Crippen LogP contribution in [0.25, 0.3) is 0 Å². The summed E-state index contributed by atoms with van der Waals surface area (Å²) in [6.45, 7) is 2.81. The maximum atomic E-state index is 12.1. The second kappa shape index (κ2) is 13.2. The molecule has 0 saturated carbocycles. The number of aliphatic hydroxyl groups is 6. The molecule has 186 valence electrons. The van der Waals surface area contributed by atoms with E-state index in [1.54, 1.807) is 0 Å². The van der Waals surface area contributed by atoms with Gasteiger partial charge >= 0.3 is 17.9 Å². The minimum atomic E-state index is -1.95. The third-order valence-electron chi connectivity index (χ3n) is 4.02. The van der Waals surface area contributed by atoms with Crippen LogP contribution in [-0.2, 0) is 28.6 Å². The Labute approximate surface area is 189 Å². The first-order chi connectivity index (χ1) is 15.3. The smallest absolute Gasteiger partial charge is 0.339 e. The van der Waals surface area contributed by atoms with E-state index in [2.05, 4.69) is 0 Å². The number of carbonyl (C=O) groups is 3. The van der Waals surface area contributed by atoms with Crippen molar-refractivity contribution in [3.63, 3.8) is 0 Å². The molecular formula is C21H30O12. The SMILES string of the molecule is CC(O)COC(=O)C(O)c1cc(C(O)C(=O)OCC(C)O)cc(C(O)C(=O)OCC(C)O)c1. The number of rotatable bonds is 12. The van der Waals surface area contributed by atoms with Crippen molar-refractivity contribution in [2.24, 2.45) is 0 Å². The topological polar surface area (TPSA) is 200 Å². The molecule has 0 aliphatic carbocycles. The van der Waals surface area contributed by atoms with Crippen molar-refractivity contribution in [3.8, 4) is 0 Å². The van der Waals surface area contributed by atoms with Gasteiger partial charge in [0.1, 0.15) is 19.8 Å². The summed E-state index contributed by atoms with van der Waals surface area (Å²) < 4.78 is 14.2. The minimum Gasteiger partial charge on any atom is -0.461 e. The third-order valence-corrected chi connectivity index (χ3v) is 4.02. The van der Waals surface area contributed by atoms with E-state index in [0.717, 1.165) is 18.2 Å². The summed E-state index contributed by atoms with van der Waals surface area (Å²) in [5, 5.41) is 58.7. The molecule has 0 amide bonds. The monoisotopic (exact) mass is 474 g/mol. The Morgan fingerprint density at radius 1 is 0.576 bits per heavy atom. The zero-order valence-corrected chi connectivity index (χ0v) is 18.5. The number of benzene rings is 1. The summed E-state index contributed by atoms with van der Waals surface area (Å²) in [6.07, 6.45) is -8.87. The molecular weight excluding hydrogens is 444 g/mol. The van der Waals surface area contributed by atoms with E-state index in [1.807, 2.05) is 0 Å². The van der Waals surface area contributed by atoms with Crippen LogP contribution >= 0.6 is 0 Å². The lowest BCUT2D eigenvalue weighted by atomic mass is 9.96. The number of hydrogen-bond acceptors (Lipinski definition) is 12. The van der Waals surface area contributed by atoms with Gasteiger partial charge in [-0.2, -0.15) is 0 Å². The highest BCUT2D eigenvalue weighted by molar-refractivity contribution is 5.80. The molecule has 0 bridgehead atoms. The van der Waals surface area contributed by atoms with Gasteiger partial charge in [0.2, 0.25) is 0 Å². The van der Waals surface area contributed by atoms with Crippen LogP contribution in [-0.4, -0.2) is 86.7 Å². The maximum Gasteiger partial charge on any atom is 0.339 e. The van der Waals surface area contributed by atoms with Gasteiger partial charge in [-0.1, -0.05) is 0 Å². The Hall–Kier alpha value is -2.61. The normalized spacial score (nSPS) is 16.6. The first kappa shape index (κ1) is 28.4. The van der Waals surface area contributed by atoms with E-state index in [0.29, 0.717) is 0 Å². The van der Waals surface area contributed by atoms with Gasteiger partial charge in [0.05, 0.1) is 18.3 Å². The maximum absolute atomic E-state index is 12.1. The van der Waals surface area contributed by atoms with E-state index in [9.17, 15) is 45.0 Å². The zero-order chi connectivity index (χ0) is 25.3. The van der Waals surface area contributed by atoms with Gasteiger partial charge < -0.3 is 44.8 Å². The summed E-state index contributed by atoms with van der Waals surface area (Å²) in [5.74, 6) is -3.51. The van der Waals surface area contributed by atoms with E-state index in [4.69, 9.17) is 14.2 Å². The van der Waals surface area contributed by atoms with Gasteiger partial charge in [-0.3, -0.25) is 0 Å². The molecule has 0 aromatic heterocycles. The molecule has 0 spiro atoms. The van der Waals surface area contributed by atoms with Crippen molar-refractivity contribution in [1.29, 1.82) is 0 Å². The minimum absolute atomic E-state index is 0.247. The van der Waals surface area contributed by atoms with E-state index < -0.39 is 74.4 Å². The molecule has 0 aliphatic rings. The number of carbonyl (C=O) groups excluding carboxylic acids is 3. The quantitative estimate of drug-likeness (QED) is 0.152. The van der Waals surface area contributed by atoms with Gasteiger partial charge in [-0.05, 0) is 55.7 Å². The largest absolute Gasteiger partial charge is 0.461 e. The number of esters is 3. The lowest BCUT2D eigenvalue weighted by Crippen LogP contribution is -2.24. The Balaban J connectivity index is 3.28. The standard InChI is InChI=1S/C21H30O12/c1-10(22)7-31-19(28)16(25)13-4-14(17(26)20(29)32-8-11(2)23)6-15(5-13)18(27)21(30)33-9-12(3)24/h4-6,10-12,16-18,22-27H,7-9H2,1-3H3. The summed E-state index contributed by atoms with van der Waals surface area (Å²) >= 11 is 0. The molecule has 0 aliphatic heterocycles. The molecule has 1 aromatic rings. The molecule has 6 atom stereocenters. The lowest BCUT2D eigenvalue weighted by Gasteiger charge is -2.19. The van der Waals surface area contributed by atoms with E-state index in [-0.39, 0.29) is 16.7 Å². The van der Waals surface area contributed by atoms with Gasteiger partial charge in [0, 0.05) is 0 Å². The van der Waals surface area contributed by atoms with Crippen LogP contribution in [0.4, 0.5) is 0 Å². The molecule has 0 heterocycles. The fourth-order valence-electron chi connectivity index (χ4n) is 2.43. The van der Waals surface area contributed by atoms with Crippen LogP contribution in [0.15, 0.2) is 18.2 Å². The Bertz CT molecular complexity index is 687. The van der Waals surface area contributed by atoms with Gasteiger partial charge in [0.25, 0.3) is 0 Å². The third kappa shape index (κ3) is 9.42. The summed E-state index contributed by atoms with van der Waals surface area (Å²) in [6, 6.07) is 3.17. The van der Waals surface area contributed by atoms with Crippen LogP contribution in [0.1, 0.15) is 55.8 Å². The van der Waals surface area contributed by atoms with Crippen LogP contribution < -0.4 is 0 Å². The fourth-order valence-corrected chi connectivity index (χ4v) is 2.43. The number of aliphatic hydroxyl groups excluding tert-OH is 6. The molecule has 0 radical (unpaired) electrons. The van der Waals surface area contributed by atoms with Gasteiger partial charge in [-0.25, -0.2) is 14.4 Å². The second-order valence-electron chi connectivity index (χ2n) is 7.58. The highest BCUT2D eigenvalue weighted by atomic mass is 16.6. The van der Waals surface area contributed by atoms with Crippen molar-refractivity contribution >= 4 is 17.9 Å². The van der Waals surface area contributed by atoms with Crippen LogP contribution in [0.3, 0.4) is 0 Å². The Morgan fingerprint density at radius 3 is 0.970 bits per heavy atom. The predicted octanol–water partition coefficient (Wildman–Crippen LogP) is -1.44. The number of hydrogen-bond donors (Lipinski definition) is 6.